The van der Waals surface area contributed by atoms with Crippen LogP contribution in [0.15, 0.2) is 36.4 Å². The Labute approximate surface area is 183 Å². The van der Waals surface area contributed by atoms with Crippen LogP contribution in [-0.2, 0) is 9.53 Å². The molecule has 3 unspecified atom stereocenters. The summed E-state index contributed by atoms with van der Waals surface area (Å²) in [4.78, 5) is 27.5. The number of phenolic OH excluding ortho intramolecular Hbond substituents is 1. The Morgan fingerprint density at radius 3 is 2.74 bits per heavy atom. The molecule has 0 radical (unpaired) electrons. The molecule has 6 nitrogen and oxygen atoms in total. The molecule has 3 atom stereocenters. The van der Waals surface area contributed by atoms with Crippen LogP contribution < -0.4 is 5.32 Å². The number of amides is 2. The highest BCUT2D eigenvalue weighted by Crippen LogP contribution is 2.31. The normalized spacial score (nSPS) is 23.8. The van der Waals surface area contributed by atoms with Crippen LogP contribution >= 0.6 is 0 Å². The molecule has 4 rings (SSSR count). The molecule has 2 amide bonds. The summed E-state index contributed by atoms with van der Waals surface area (Å²) >= 11 is 0. The summed E-state index contributed by atoms with van der Waals surface area (Å²) < 4.78 is 5.98. The molecule has 1 aliphatic carbocycles. The molecular formula is C25H32N2O4. The van der Waals surface area contributed by atoms with Gasteiger partial charge in [0.25, 0.3) is 5.91 Å². The van der Waals surface area contributed by atoms with E-state index in [4.69, 9.17) is 4.74 Å². The molecule has 2 aliphatic rings. The third-order valence-electron chi connectivity index (χ3n) is 6.71. The van der Waals surface area contributed by atoms with Gasteiger partial charge in [0.05, 0.1) is 18.3 Å². The third kappa shape index (κ3) is 4.69. The lowest BCUT2D eigenvalue weighted by atomic mass is 9.88. The van der Waals surface area contributed by atoms with E-state index in [1.807, 2.05) is 24.3 Å². The predicted molar refractivity (Wildman–Crippen MR) is 120 cm³/mol. The van der Waals surface area contributed by atoms with Gasteiger partial charge in [-0.2, -0.15) is 0 Å². The summed E-state index contributed by atoms with van der Waals surface area (Å²) in [6, 6.07) is 10.4. The first-order valence-electron chi connectivity index (χ1n) is 11.5. The zero-order valence-corrected chi connectivity index (χ0v) is 18.2. The molecular weight excluding hydrogens is 392 g/mol. The van der Waals surface area contributed by atoms with Crippen LogP contribution in [0.2, 0.25) is 0 Å². The van der Waals surface area contributed by atoms with E-state index in [0.717, 1.165) is 18.2 Å². The van der Waals surface area contributed by atoms with Crippen LogP contribution in [0.1, 0.15) is 55.8 Å². The van der Waals surface area contributed by atoms with E-state index in [2.05, 4.69) is 12.2 Å². The summed E-state index contributed by atoms with van der Waals surface area (Å²) in [5.41, 5.74) is 0.244. The molecule has 1 aliphatic heterocycles. The minimum atomic E-state index is -0.507. The van der Waals surface area contributed by atoms with Crippen molar-refractivity contribution < 1.29 is 19.4 Å². The predicted octanol–water partition coefficient (Wildman–Crippen LogP) is 3.86. The number of benzene rings is 2. The number of rotatable bonds is 6. The zero-order valence-electron chi connectivity index (χ0n) is 18.2. The fourth-order valence-corrected chi connectivity index (χ4v) is 4.90. The molecule has 166 valence electrons. The SMILES string of the molecule is CC1CCCCC1OCCNC(=O)C1CCCN1C(=O)c1ccc2ccccc2c1O. The second-order valence-electron chi connectivity index (χ2n) is 8.80. The number of nitrogens with zero attached hydrogens (tertiary/aromatic N) is 1. The molecule has 2 aromatic carbocycles. The van der Waals surface area contributed by atoms with Gasteiger partial charge in [-0.15, -0.1) is 0 Å². The Morgan fingerprint density at radius 1 is 1.10 bits per heavy atom. The van der Waals surface area contributed by atoms with E-state index in [-0.39, 0.29) is 29.2 Å². The van der Waals surface area contributed by atoms with E-state index in [9.17, 15) is 14.7 Å². The highest BCUT2D eigenvalue weighted by Gasteiger charge is 2.35. The van der Waals surface area contributed by atoms with Crippen LogP contribution in [0.5, 0.6) is 5.75 Å². The molecule has 0 spiro atoms. The maximum Gasteiger partial charge on any atom is 0.258 e. The lowest BCUT2D eigenvalue weighted by Crippen LogP contribution is -2.46. The molecule has 6 heteroatoms. The molecule has 0 aromatic heterocycles. The number of phenols is 1. The van der Waals surface area contributed by atoms with Crippen LogP contribution in [0.3, 0.4) is 0 Å². The lowest BCUT2D eigenvalue weighted by molar-refractivity contribution is -0.125. The average molecular weight is 425 g/mol. The van der Waals surface area contributed by atoms with Gasteiger partial charge in [0, 0.05) is 18.5 Å². The van der Waals surface area contributed by atoms with E-state index in [1.165, 1.54) is 19.3 Å². The number of hydrogen-bond acceptors (Lipinski definition) is 4. The van der Waals surface area contributed by atoms with Crippen LogP contribution in [0.4, 0.5) is 0 Å². The number of carbonyl (C=O) groups excluding carboxylic acids is 2. The largest absolute Gasteiger partial charge is 0.506 e. The summed E-state index contributed by atoms with van der Waals surface area (Å²) in [5.74, 6) is 0.103. The minimum absolute atomic E-state index is 0.0239. The number of nitrogens with one attached hydrogen (secondary N) is 1. The number of likely N-dealkylation sites (tertiary alicyclic amines) is 1. The molecule has 0 bridgehead atoms. The van der Waals surface area contributed by atoms with Crippen molar-refractivity contribution >= 4 is 22.6 Å². The maximum atomic E-state index is 13.2. The standard InChI is InChI=1S/C25H32N2O4/c1-17-7-2-5-11-22(17)31-16-14-26-24(29)21-10-6-15-27(21)25(30)20-13-12-18-8-3-4-9-19(18)23(20)28/h3-4,8-9,12-13,17,21-22,28H,2,5-7,10-11,14-16H2,1H3,(H,26,29). The van der Waals surface area contributed by atoms with E-state index in [1.54, 1.807) is 17.0 Å². The van der Waals surface area contributed by atoms with Crippen molar-refractivity contribution in [1.29, 1.82) is 0 Å². The van der Waals surface area contributed by atoms with E-state index >= 15 is 0 Å². The van der Waals surface area contributed by atoms with Gasteiger partial charge in [0.15, 0.2) is 0 Å². The van der Waals surface area contributed by atoms with Gasteiger partial charge in [0.2, 0.25) is 5.91 Å². The number of fused-ring (bicyclic) bond motifs is 1. The Bertz CT molecular complexity index is 944. The van der Waals surface area contributed by atoms with Crippen LogP contribution in [0, 0.1) is 5.92 Å². The van der Waals surface area contributed by atoms with Gasteiger partial charge in [0.1, 0.15) is 11.8 Å². The van der Waals surface area contributed by atoms with Gasteiger partial charge in [-0.05, 0) is 43.1 Å². The molecule has 2 N–H and O–H groups in total. The molecule has 2 fully saturated rings. The van der Waals surface area contributed by atoms with Gasteiger partial charge in [-0.25, -0.2) is 0 Å². The average Bonchev–Trinajstić information content (AvgIpc) is 3.28. The quantitative estimate of drug-likeness (QED) is 0.690. The number of aromatic hydroxyl groups is 1. The molecule has 1 saturated heterocycles. The Kier molecular flexibility index (Phi) is 6.76. The highest BCUT2D eigenvalue weighted by molar-refractivity contribution is 6.05. The molecule has 1 saturated carbocycles. The highest BCUT2D eigenvalue weighted by atomic mass is 16.5. The lowest BCUT2D eigenvalue weighted by Gasteiger charge is -2.29. The van der Waals surface area contributed by atoms with Crippen LogP contribution in [-0.4, -0.2) is 53.7 Å². The Balaban J connectivity index is 1.35. The van der Waals surface area contributed by atoms with Gasteiger partial charge in [-0.1, -0.05) is 50.1 Å². The number of hydrogen-bond donors (Lipinski definition) is 2. The van der Waals surface area contributed by atoms with Gasteiger partial charge in [-0.3, -0.25) is 9.59 Å². The molecule has 1 heterocycles. The Hall–Kier alpha value is -2.60. The molecule has 31 heavy (non-hydrogen) atoms. The van der Waals surface area contributed by atoms with Crippen molar-refractivity contribution in [2.24, 2.45) is 5.92 Å². The van der Waals surface area contributed by atoms with Crippen LogP contribution in [0.25, 0.3) is 10.8 Å². The number of ether oxygens (including phenoxy) is 1. The topological polar surface area (TPSA) is 78.9 Å². The van der Waals surface area contributed by atoms with E-state index in [0.29, 0.717) is 37.4 Å². The monoisotopic (exact) mass is 424 g/mol. The smallest absolute Gasteiger partial charge is 0.258 e. The van der Waals surface area contributed by atoms with E-state index < -0.39 is 6.04 Å². The first-order valence-corrected chi connectivity index (χ1v) is 11.5. The summed E-state index contributed by atoms with van der Waals surface area (Å²) in [7, 11) is 0. The molecule has 2 aromatic rings. The minimum Gasteiger partial charge on any atom is -0.506 e. The van der Waals surface area contributed by atoms with Crippen molar-refractivity contribution in [2.45, 2.75) is 57.6 Å². The second kappa shape index (κ2) is 9.69. The van der Waals surface area contributed by atoms with Crippen molar-refractivity contribution in [3.8, 4) is 5.75 Å². The fourth-order valence-electron chi connectivity index (χ4n) is 4.90. The summed E-state index contributed by atoms with van der Waals surface area (Å²) in [6.45, 7) is 3.68. The number of carbonyl (C=O) groups is 2. The zero-order chi connectivity index (χ0) is 21.8. The summed E-state index contributed by atoms with van der Waals surface area (Å²) in [6.07, 6.45) is 6.47. The first-order chi connectivity index (χ1) is 15.1. The maximum absolute atomic E-state index is 13.2. The fraction of sp³-hybridized carbons (Fsp3) is 0.520. The van der Waals surface area contributed by atoms with Gasteiger partial charge < -0.3 is 20.1 Å². The van der Waals surface area contributed by atoms with Crippen molar-refractivity contribution in [3.63, 3.8) is 0 Å². The Morgan fingerprint density at radius 2 is 1.90 bits per heavy atom. The summed E-state index contributed by atoms with van der Waals surface area (Å²) in [5, 5.41) is 15.1. The second-order valence-corrected chi connectivity index (χ2v) is 8.80. The third-order valence-corrected chi connectivity index (χ3v) is 6.71. The first kappa shape index (κ1) is 21.6. The van der Waals surface area contributed by atoms with Crippen molar-refractivity contribution in [3.05, 3.63) is 42.0 Å². The van der Waals surface area contributed by atoms with Gasteiger partial charge >= 0.3 is 0 Å². The van der Waals surface area contributed by atoms with Crippen molar-refractivity contribution in [2.75, 3.05) is 19.7 Å². The van der Waals surface area contributed by atoms with Crippen molar-refractivity contribution in [1.82, 2.24) is 10.2 Å².